The highest BCUT2D eigenvalue weighted by molar-refractivity contribution is 6.32. The van der Waals surface area contributed by atoms with Crippen molar-refractivity contribution in [2.45, 2.75) is 13.0 Å². The molecule has 1 aliphatic rings. The van der Waals surface area contributed by atoms with E-state index in [2.05, 4.69) is 5.32 Å². The minimum atomic E-state index is -0.475. The van der Waals surface area contributed by atoms with E-state index in [1.54, 1.807) is 31.2 Å². The molecule has 0 spiro atoms. The maximum absolute atomic E-state index is 13.8. The maximum Gasteiger partial charge on any atom is 0.244 e. The van der Waals surface area contributed by atoms with E-state index in [1.165, 1.54) is 25.3 Å². The van der Waals surface area contributed by atoms with Crippen molar-refractivity contribution in [3.05, 3.63) is 58.4 Å². The molecule has 5 nitrogen and oxygen atoms in total. The lowest BCUT2D eigenvalue weighted by molar-refractivity contribution is -0.117. The fraction of sp³-hybridized carbons (Fsp3) is 0.211. The molecule has 7 heteroatoms. The number of ether oxygens (including phenoxy) is 3. The zero-order valence-electron chi connectivity index (χ0n) is 14.2. The Hall–Kier alpha value is -2.73. The minimum Gasteiger partial charge on any atom is -0.494 e. The number of carbonyl (C=O) groups excluding carboxylic acids is 1. The normalized spacial score (nSPS) is 13.7. The molecular weight excluding hydrogens is 361 g/mol. The van der Waals surface area contributed by atoms with Gasteiger partial charge in [-0.15, -0.1) is 0 Å². The molecule has 0 aliphatic carbocycles. The summed E-state index contributed by atoms with van der Waals surface area (Å²) >= 11 is 6.11. The average molecular weight is 378 g/mol. The van der Waals surface area contributed by atoms with Crippen molar-refractivity contribution in [2.24, 2.45) is 0 Å². The van der Waals surface area contributed by atoms with Crippen molar-refractivity contribution < 1.29 is 23.4 Å². The highest BCUT2D eigenvalue weighted by atomic mass is 35.5. The number of hydrogen-bond donors (Lipinski definition) is 1. The van der Waals surface area contributed by atoms with Crippen LogP contribution in [-0.2, 0) is 4.79 Å². The molecule has 2 aromatic rings. The third-order valence-electron chi connectivity index (χ3n) is 3.91. The number of halogens is 2. The van der Waals surface area contributed by atoms with Gasteiger partial charge >= 0.3 is 0 Å². The van der Waals surface area contributed by atoms with Crippen LogP contribution < -0.4 is 19.5 Å². The fourth-order valence-electron chi connectivity index (χ4n) is 2.55. The monoisotopic (exact) mass is 377 g/mol. The van der Waals surface area contributed by atoms with Gasteiger partial charge in [-0.25, -0.2) is 4.39 Å². The number of nitrogens with one attached hydrogen (secondary N) is 1. The van der Waals surface area contributed by atoms with E-state index in [4.69, 9.17) is 25.8 Å². The Kier molecular flexibility index (Phi) is 5.32. The Balaban J connectivity index is 1.66. The summed E-state index contributed by atoms with van der Waals surface area (Å²) in [5, 5.41) is 3.19. The topological polar surface area (TPSA) is 56.8 Å². The van der Waals surface area contributed by atoms with Gasteiger partial charge < -0.3 is 19.5 Å². The summed E-state index contributed by atoms with van der Waals surface area (Å²) < 4.78 is 29.2. The quantitative estimate of drug-likeness (QED) is 0.797. The van der Waals surface area contributed by atoms with E-state index in [0.717, 1.165) is 0 Å². The predicted octanol–water partition coefficient (Wildman–Crippen LogP) is 4.11. The smallest absolute Gasteiger partial charge is 0.244 e. The van der Waals surface area contributed by atoms with Crippen LogP contribution in [0.1, 0.15) is 24.1 Å². The van der Waals surface area contributed by atoms with Gasteiger partial charge in [0.15, 0.2) is 23.1 Å². The van der Waals surface area contributed by atoms with Crippen LogP contribution in [0, 0.1) is 5.82 Å². The average Bonchev–Trinajstić information content (AvgIpc) is 3.09. The molecule has 0 bridgehead atoms. The first-order valence-corrected chi connectivity index (χ1v) is 8.27. The van der Waals surface area contributed by atoms with E-state index in [0.29, 0.717) is 27.6 Å². The molecule has 136 valence electrons. The third kappa shape index (κ3) is 3.91. The minimum absolute atomic E-state index is 0.124. The lowest BCUT2D eigenvalue weighted by Crippen LogP contribution is -2.24. The zero-order chi connectivity index (χ0) is 18.7. The number of carbonyl (C=O) groups is 1. The Bertz CT molecular complexity index is 869. The van der Waals surface area contributed by atoms with Gasteiger partial charge in [0, 0.05) is 6.08 Å². The number of rotatable bonds is 5. The first-order valence-electron chi connectivity index (χ1n) is 7.89. The van der Waals surface area contributed by atoms with Gasteiger partial charge in [-0.1, -0.05) is 17.7 Å². The Morgan fingerprint density at radius 2 is 2.15 bits per heavy atom. The largest absolute Gasteiger partial charge is 0.494 e. The lowest BCUT2D eigenvalue weighted by Gasteiger charge is -2.14. The molecule has 0 aromatic heterocycles. The van der Waals surface area contributed by atoms with Gasteiger partial charge in [0.1, 0.15) is 0 Å². The van der Waals surface area contributed by atoms with Crippen molar-refractivity contribution in [1.82, 2.24) is 5.32 Å². The lowest BCUT2D eigenvalue weighted by atomic mass is 10.1. The van der Waals surface area contributed by atoms with Gasteiger partial charge in [0.05, 0.1) is 18.2 Å². The molecule has 3 rings (SSSR count). The van der Waals surface area contributed by atoms with E-state index in [1.807, 2.05) is 0 Å². The second kappa shape index (κ2) is 7.66. The molecule has 0 radical (unpaired) electrons. The highest BCUT2D eigenvalue weighted by Crippen LogP contribution is 2.40. The highest BCUT2D eigenvalue weighted by Gasteiger charge is 2.17. The summed E-state index contributed by atoms with van der Waals surface area (Å²) in [5.74, 6) is 0.411. The predicted molar refractivity (Wildman–Crippen MR) is 96.1 cm³/mol. The molecule has 0 saturated heterocycles. The van der Waals surface area contributed by atoms with E-state index >= 15 is 0 Å². The number of hydrogen-bond acceptors (Lipinski definition) is 4. The first kappa shape index (κ1) is 18.1. The van der Waals surface area contributed by atoms with E-state index in [9.17, 15) is 9.18 Å². The van der Waals surface area contributed by atoms with Gasteiger partial charge in [-0.2, -0.15) is 0 Å². The van der Waals surface area contributed by atoms with Crippen molar-refractivity contribution in [1.29, 1.82) is 0 Å². The van der Waals surface area contributed by atoms with Crippen molar-refractivity contribution in [3.8, 4) is 17.2 Å². The van der Waals surface area contributed by atoms with Crippen LogP contribution in [0.25, 0.3) is 6.08 Å². The van der Waals surface area contributed by atoms with Gasteiger partial charge in [-0.3, -0.25) is 4.79 Å². The molecule has 1 amide bonds. The van der Waals surface area contributed by atoms with Crippen LogP contribution in [0.15, 0.2) is 36.4 Å². The molecule has 1 atom stereocenters. The summed E-state index contributed by atoms with van der Waals surface area (Å²) in [6, 6.07) is 7.62. The van der Waals surface area contributed by atoms with Gasteiger partial charge in [0.25, 0.3) is 0 Å². The SMILES string of the molecule is COc1ccc([C@H](C)NC(=O)/C=C/c2cc(Cl)c3c(c2)OCO3)cc1F. The second-order valence-corrected chi connectivity index (χ2v) is 6.10. The van der Waals surface area contributed by atoms with Gasteiger partial charge in [0.2, 0.25) is 12.7 Å². The van der Waals surface area contributed by atoms with E-state index in [-0.39, 0.29) is 24.5 Å². The number of fused-ring (bicyclic) bond motifs is 1. The van der Waals surface area contributed by atoms with E-state index < -0.39 is 5.82 Å². The molecular formula is C19H17ClFNO4. The summed E-state index contributed by atoms with van der Waals surface area (Å²) in [4.78, 5) is 12.1. The number of amides is 1. The molecule has 0 unspecified atom stereocenters. The molecule has 2 aromatic carbocycles. The van der Waals surface area contributed by atoms with Crippen LogP contribution in [-0.4, -0.2) is 19.8 Å². The summed E-state index contributed by atoms with van der Waals surface area (Å²) in [5.41, 5.74) is 1.34. The molecule has 1 aliphatic heterocycles. The van der Waals surface area contributed by atoms with Crippen molar-refractivity contribution in [3.63, 3.8) is 0 Å². The molecule has 1 N–H and O–H groups in total. The molecule has 1 heterocycles. The fourth-order valence-corrected chi connectivity index (χ4v) is 2.83. The number of benzene rings is 2. The van der Waals surface area contributed by atoms with Crippen LogP contribution >= 0.6 is 11.6 Å². The Labute approximate surface area is 155 Å². The van der Waals surface area contributed by atoms with Crippen LogP contribution in [0.4, 0.5) is 4.39 Å². The van der Waals surface area contributed by atoms with Crippen LogP contribution in [0.3, 0.4) is 0 Å². The van der Waals surface area contributed by atoms with Gasteiger partial charge in [-0.05, 0) is 48.4 Å². The van der Waals surface area contributed by atoms with Crippen molar-refractivity contribution >= 4 is 23.6 Å². The van der Waals surface area contributed by atoms with Crippen LogP contribution in [0.2, 0.25) is 5.02 Å². The first-order chi connectivity index (χ1) is 12.5. The molecule has 26 heavy (non-hydrogen) atoms. The standard InChI is InChI=1S/C19H17ClFNO4/c1-11(13-4-5-16(24-2)15(21)9-13)22-18(23)6-3-12-7-14(20)19-17(8-12)25-10-26-19/h3-9,11H,10H2,1-2H3,(H,22,23)/b6-3+/t11-/m0/s1. The molecule has 0 saturated carbocycles. The second-order valence-electron chi connectivity index (χ2n) is 5.69. The molecule has 0 fully saturated rings. The maximum atomic E-state index is 13.8. The summed E-state index contributed by atoms with van der Waals surface area (Å²) in [6.07, 6.45) is 2.99. The number of methoxy groups -OCH3 is 1. The van der Waals surface area contributed by atoms with Crippen molar-refractivity contribution in [2.75, 3.05) is 13.9 Å². The zero-order valence-corrected chi connectivity index (χ0v) is 15.0. The third-order valence-corrected chi connectivity index (χ3v) is 4.19. The Morgan fingerprint density at radius 3 is 2.88 bits per heavy atom. The summed E-state index contributed by atoms with van der Waals surface area (Å²) in [6.45, 7) is 1.89. The summed E-state index contributed by atoms with van der Waals surface area (Å²) in [7, 11) is 1.40. The van der Waals surface area contributed by atoms with Crippen LogP contribution in [0.5, 0.6) is 17.2 Å². The Morgan fingerprint density at radius 1 is 1.35 bits per heavy atom.